The van der Waals surface area contributed by atoms with E-state index in [0.29, 0.717) is 11.6 Å². The molecule has 4 rings (SSSR count). The lowest BCUT2D eigenvalue weighted by molar-refractivity contribution is -0.497. The van der Waals surface area contributed by atoms with Gasteiger partial charge in [0.25, 0.3) is 0 Å². The number of fused-ring (bicyclic) bond motifs is 3. The van der Waals surface area contributed by atoms with Crippen molar-refractivity contribution in [3.63, 3.8) is 0 Å². The van der Waals surface area contributed by atoms with Crippen LogP contribution < -0.4 is 10.7 Å². The highest BCUT2D eigenvalue weighted by Crippen LogP contribution is 2.33. The second-order valence-corrected chi connectivity index (χ2v) is 7.47. The van der Waals surface area contributed by atoms with Gasteiger partial charge in [-0.3, -0.25) is 10.3 Å². The summed E-state index contributed by atoms with van der Waals surface area (Å²) in [5, 5.41) is 6.17. The lowest BCUT2D eigenvalue weighted by Crippen LogP contribution is -2.45. The lowest BCUT2D eigenvalue weighted by Gasteiger charge is -2.18. The smallest absolute Gasteiger partial charge is 0.279 e. The Morgan fingerprint density at radius 1 is 1.31 bits per heavy atom. The number of guanidine groups is 1. The molecule has 0 aromatic heterocycles. The van der Waals surface area contributed by atoms with Crippen molar-refractivity contribution >= 4 is 44.9 Å². The number of aliphatic imine (C=N–C) groups is 1. The number of hydrogen-bond donors (Lipinski definition) is 2. The molecule has 2 aliphatic rings. The summed E-state index contributed by atoms with van der Waals surface area (Å²) < 4.78 is 3.29. The summed E-state index contributed by atoms with van der Waals surface area (Å²) in [4.78, 5) is 5.01. The van der Waals surface area contributed by atoms with Crippen LogP contribution in [0.4, 0.5) is 5.69 Å². The van der Waals surface area contributed by atoms with Crippen LogP contribution in [0.1, 0.15) is 18.1 Å². The molecule has 1 atom stereocenters. The first kappa shape index (κ1) is 17.5. The molecule has 2 aromatic rings. The van der Waals surface area contributed by atoms with Crippen LogP contribution in [0.5, 0.6) is 0 Å². The zero-order valence-electron chi connectivity index (χ0n) is 14.6. The van der Waals surface area contributed by atoms with Gasteiger partial charge in [-0.25, -0.2) is 4.58 Å². The Labute approximate surface area is 166 Å². The van der Waals surface area contributed by atoms with Gasteiger partial charge in [0.15, 0.2) is 6.17 Å². The van der Waals surface area contributed by atoms with Crippen molar-refractivity contribution in [2.45, 2.75) is 13.1 Å². The highest BCUT2D eigenvalue weighted by Gasteiger charge is 2.40. The summed E-state index contributed by atoms with van der Waals surface area (Å²) in [6.45, 7) is 3.65. The maximum absolute atomic E-state index is 6.36. The molecule has 2 aliphatic heterocycles. The van der Waals surface area contributed by atoms with Crippen LogP contribution in [0.3, 0.4) is 0 Å². The third kappa shape index (κ3) is 2.82. The van der Waals surface area contributed by atoms with Gasteiger partial charge < -0.3 is 0 Å². The molecule has 26 heavy (non-hydrogen) atoms. The molecule has 134 valence electrons. The summed E-state index contributed by atoms with van der Waals surface area (Å²) >= 11 is 10.0. The van der Waals surface area contributed by atoms with Gasteiger partial charge in [-0.1, -0.05) is 45.7 Å². The minimum Gasteiger partial charge on any atom is -0.279 e. The molecule has 0 spiro atoms. The largest absolute Gasteiger partial charge is 0.369 e. The molecule has 7 heteroatoms. The van der Waals surface area contributed by atoms with E-state index in [9.17, 15) is 0 Å². The second-order valence-electron chi connectivity index (χ2n) is 6.18. The number of nitrogens with one attached hydrogen (secondary N) is 2. The van der Waals surface area contributed by atoms with Gasteiger partial charge in [0.1, 0.15) is 5.69 Å². The maximum atomic E-state index is 6.36. The molecule has 1 unspecified atom stereocenters. The monoisotopic (exact) mass is 432 g/mol. The number of hydrazine groups is 1. The van der Waals surface area contributed by atoms with E-state index in [1.807, 2.05) is 37.4 Å². The summed E-state index contributed by atoms with van der Waals surface area (Å²) in [5.74, 6) is 0.948. The second kappa shape index (κ2) is 7.02. The predicted octanol–water partition coefficient (Wildman–Crippen LogP) is 3.34. The molecule has 0 bridgehead atoms. The molecule has 0 aliphatic carbocycles. The van der Waals surface area contributed by atoms with E-state index in [2.05, 4.69) is 55.3 Å². The molecule has 2 N–H and O–H groups in total. The van der Waals surface area contributed by atoms with Gasteiger partial charge in [0.05, 0.1) is 19.3 Å². The van der Waals surface area contributed by atoms with Gasteiger partial charge >= 0.3 is 5.96 Å². The Morgan fingerprint density at radius 3 is 2.85 bits per heavy atom. The van der Waals surface area contributed by atoms with E-state index < -0.39 is 0 Å². The van der Waals surface area contributed by atoms with Crippen LogP contribution in [0.15, 0.2) is 51.9 Å². The molecule has 0 saturated carbocycles. The minimum atomic E-state index is 0.0994. The number of likely N-dealkylation sites (N-methyl/N-ethyl adjacent to an activating group) is 1. The van der Waals surface area contributed by atoms with Crippen LogP contribution in [-0.4, -0.2) is 47.6 Å². The van der Waals surface area contributed by atoms with Gasteiger partial charge in [0, 0.05) is 27.2 Å². The average Bonchev–Trinajstić information content (AvgIpc) is 2.92. The molecule has 0 saturated heterocycles. The van der Waals surface area contributed by atoms with Crippen molar-refractivity contribution in [2.75, 3.05) is 20.1 Å². The number of rotatable bonds is 2. The third-order valence-corrected chi connectivity index (χ3v) is 5.67. The van der Waals surface area contributed by atoms with E-state index in [-0.39, 0.29) is 6.17 Å². The molecule has 0 fully saturated rings. The SMILES string of the molecule is CCN1NC(NC)=[N+]2c3ccc(Cl)cc3C(c3ccccc3Br)=NCC12. The van der Waals surface area contributed by atoms with Crippen molar-refractivity contribution in [2.24, 2.45) is 4.99 Å². The Kier molecular flexibility index (Phi) is 4.73. The van der Waals surface area contributed by atoms with Crippen molar-refractivity contribution in [1.29, 1.82) is 0 Å². The Hall–Kier alpha value is -1.89. The molecule has 0 radical (unpaired) electrons. The number of hydrogen-bond acceptors (Lipinski definition) is 4. The van der Waals surface area contributed by atoms with Crippen molar-refractivity contribution in [1.82, 2.24) is 15.8 Å². The fourth-order valence-electron chi connectivity index (χ4n) is 3.53. The van der Waals surface area contributed by atoms with E-state index in [1.165, 1.54) is 0 Å². The van der Waals surface area contributed by atoms with Crippen LogP contribution in [0, 0.1) is 0 Å². The van der Waals surface area contributed by atoms with E-state index in [0.717, 1.165) is 39.5 Å². The summed E-state index contributed by atoms with van der Waals surface area (Å²) in [6.07, 6.45) is 0.0994. The van der Waals surface area contributed by atoms with Crippen LogP contribution in [0.25, 0.3) is 0 Å². The molecule has 2 aromatic carbocycles. The van der Waals surface area contributed by atoms with Crippen LogP contribution in [0.2, 0.25) is 5.02 Å². The van der Waals surface area contributed by atoms with Crippen molar-refractivity contribution < 1.29 is 4.58 Å². The third-order valence-electron chi connectivity index (χ3n) is 4.74. The summed E-state index contributed by atoms with van der Waals surface area (Å²) in [5.41, 5.74) is 7.57. The molecule has 5 nitrogen and oxygen atoms in total. The summed E-state index contributed by atoms with van der Waals surface area (Å²) in [6, 6.07) is 14.2. The fourth-order valence-corrected chi connectivity index (χ4v) is 4.17. The minimum absolute atomic E-state index is 0.0994. The predicted molar refractivity (Wildman–Crippen MR) is 109 cm³/mol. The Balaban J connectivity index is 1.97. The van der Waals surface area contributed by atoms with E-state index in [4.69, 9.17) is 16.6 Å². The van der Waals surface area contributed by atoms with Gasteiger partial charge in [0.2, 0.25) is 0 Å². The first-order valence-electron chi connectivity index (χ1n) is 8.60. The van der Waals surface area contributed by atoms with Crippen molar-refractivity contribution in [3.05, 3.63) is 63.1 Å². The zero-order valence-corrected chi connectivity index (χ0v) is 17.0. The van der Waals surface area contributed by atoms with Crippen molar-refractivity contribution in [3.8, 4) is 0 Å². The fraction of sp³-hybridized carbons (Fsp3) is 0.263. The normalized spacial score (nSPS) is 19.4. The first-order chi connectivity index (χ1) is 12.6. The average molecular weight is 434 g/mol. The number of nitrogens with zero attached hydrogens (tertiary/aromatic N) is 3. The van der Waals surface area contributed by atoms with Gasteiger partial charge in [-0.2, -0.15) is 5.43 Å². The van der Waals surface area contributed by atoms with E-state index in [1.54, 1.807) is 0 Å². The van der Waals surface area contributed by atoms with Crippen LogP contribution in [-0.2, 0) is 0 Å². The first-order valence-corrected chi connectivity index (χ1v) is 9.77. The van der Waals surface area contributed by atoms with E-state index >= 15 is 0 Å². The zero-order chi connectivity index (χ0) is 18.3. The molecular weight excluding hydrogens is 414 g/mol. The Morgan fingerprint density at radius 2 is 2.12 bits per heavy atom. The topological polar surface area (TPSA) is 42.7 Å². The number of benzene rings is 2. The van der Waals surface area contributed by atoms with Crippen LogP contribution >= 0.6 is 27.5 Å². The van der Waals surface area contributed by atoms with Gasteiger partial charge in [-0.05, 0) is 31.2 Å². The molecule has 0 amide bonds. The highest BCUT2D eigenvalue weighted by atomic mass is 79.9. The van der Waals surface area contributed by atoms with Gasteiger partial charge in [-0.15, -0.1) is 5.01 Å². The molecular formula is C19H20BrClN5+. The quantitative estimate of drug-likeness (QED) is 0.714. The molecule has 2 heterocycles. The highest BCUT2D eigenvalue weighted by molar-refractivity contribution is 9.10. The number of halogens is 2. The maximum Gasteiger partial charge on any atom is 0.369 e. The Bertz CT molecular complexity index is 924. The summed E-state index contributed by atoms with van der Waals surface area (Å²) in [7, 11) is 1.93. The standard InChI is InChI=1S/C19H19BrClN5/c1-3-25-17-11-23-18(13-6-4-5-7-15(13)20)14-10-12(21)8-9-16(14)26(17)19(22-2)24-25/h4-10,17H,3,11H2,1-2H3,(H,22,24)/p+1. The lowest BCUT2D eigenvalue weighted by atomic mass is 10.0.